The van der Waals surface area contributed by atoms with Crippen LogP contribution < -0.4 is 20.1 Å². The van der Waals surface area contributed by atoms with Crippen molar-refractivity contribution in [2.75, 3.05) is 38.8 Å². The number of halogens is 3. The molecule has 2 aromatic carbocycles. The topological polar surface area (TPSA) is 95.9 Å². The summed E-state index contributed by atoms with van der Waals surface area (Å²) in [5, 5.41) is 5.47. The van der Waals surface area contributed by atoms with Crippen molar-refractivity contribution in [3.8, 4) is 28.4 Å². The molecule has 2 aromatic heterocycles. The molecule has 1 saturated heterocycles. The van der Waals surface area contributed by atoms with Gasteiger partial charge >= 0.3 is 6.03 Å². The van der Waals surface area contributed by atoms with E-state index in [2.05, 4.69) is 35.3 Å². The molecule has 0 spiro atoms. The first kappa shape index (κ1) is 32.3. The number of nitrogens with zero attached hydrogens (tertiary/aromatic N) is 2. The second-order valence-electron chi connectivity index (χ2n) is 12.7. The predicted octanol–water partition coefficient (Wildman–Crippen LogP) is 7.39. The number of carbonyl (C=O) groups is 1. The van der Waals surface area contributed by atoms with Crippen molar-refractivity contribution in [1.29, 1.82) is 0 Å². The van der Waals surface area contributed by atoms with Gasteiger partial charge in [0.1, 0.15) is 29.7 Å². The van der Waals surface area contributed by atoms with Gasteiger partial charge in [0.2, 0.25) is 0 Å². The molecule has 0 unspecified atom stereocenters. The first-order valence-corrected chi connectivity index (χ1v) is 18.3. The third-order valence-corrected chi connectivity index (χ3v) is 9.16. The molecule has 4 aromatic rings. The van der Waals surface area contributed by atoms with Crippen LogP contribution in [0, 0.1) is 22.9 Å². The highest BCUT2D eigenvalue weighted by atomic mass is 28.3. The lowest BCUT2D eigenvalue weighted by Crippen LogP contribution is -2.49. The van der Waals surface area contributed by atoms with Crippen molar-refractivity contribution >= 4 is 30.8 Å². The summed E-state index contributed by atoms with van der Waals surface area (Å²) in [6.07, 6.45) is 3.12. The number of fused-ring (bicyclic) bond motifs is 1. The zero-order valence-electron chi connectivity index (χ0n) is 25.9. The number of methoxy groups -OCH3 is 1. The fourth-order valence-corrected chi connectivity index (χ4v) is 5.57. The molecule has 2 N–H and O–H groups in total. The number of hydrogen-bond acceptors (Lipinski definition) is 6. The first-order valence-electron chi connectivity index (χ1n) is 14.5. The van der Waals surface area contributed by atoms with Crippen molar-refractivity contribution in [3.05, 3.63) is 66.2 Å². The number of pyridine rings is 1. The summed E-state index contributed by atoms with van der Waals surface area (Å²) in [5.74, 6) is -2.94. The van der Waals surface area contributed by atoms with Gasteiger partial charge in [-0.25, -0.2) is 22.9 Å². The van der Waals surface area contributed by atoms with Crippen LogP contribution in [0.3, 0.4) is 0 Å². The van der Waals surface area contributed by atoms with Gasteiger partial charge in [0.05, 0.1) is 25.7 Å². The van der Waals surface area contributed by atoms with Crippen LogP contribution in [0.15, 0.2) is 48.8 Å². The van der Waals surface area contributed by atoms with E-state index < -0.39 is 37.3 Å². The zero-order chi connectivity index (χ0) is 32.4. The summed E-state index contributed by atoms with van der Waals surface area (Å²) in [5.41, 5.74) is 0.727. The van der Waals surface area contributed by atoms with Crippen molar-refractivity contribution in [1.82, 2.24) is 14.9 Å². The molecule has 1 aliphatic heterocycles. The number of nitrogens with one attached hydrogen (secondary N) is 2. The van der Waals surface area contributed by atoms with Crippen LogP contribution in [-0.4, -0.2) is 57.1 Å². The van der Waals surface area contributed by atoms with Gasteiger partial charge in [0, 0.05) is 74.0 Å². The molecule has 0 radical (unpaired) electrons. The average Bonchev–Trinajstić information content (AvgIpc) is 3.33. The molecule has 9 nitrogen and oxygen atoms in total. The van der Waals surface area contributed by atoms with E-state index in [1.807, 2.05) is 6.92 Å². The van der Waals surface area contributed by atoms with Crippen molar-refractivity contribution < 1.29 is 36.9 Å². The number of carbonyl (C=O) groups excluding carboxylic acids is 1. The second kappa shape index (κ2) is 13.1. The first-order chi connectivity index (χ1) is 21.4. The Kier molecular flexibility index (Phi) is 9.42. The van der Waals surface area contributed by atoms with Gasteiger partial charge in [-0.1, -0.05) is 26.6 Å². The molecule has 45 heavy (non-hydrogen) atoms. The van der Waals surface area contributed by atoms with Crippen LogP contribution in [0.5, 0.6) is 17.2 Å². The maximum atomic E-state index is 15.3. The molecule has 1 aliphatic rings. The van der Waals surface area contributed by atoms with Gasteiger partial charge in [0.25, 0.3) is 0 Å². The van der Waals surface area contributed by atoms with Crippen LogP contribution >= 0.6 is 0 Å². The Morgan fingerprint density at radius 3 is 2.42 bits per heavy atom. The minimum absolute atomic E-state index is 0.0540. The molecule has 1 fully saturated rings. The van der Waals surface area contributed by atoms with Crippen LogP contribution in [0.2, 0.25) is 25.7 Å². The maximum Gasteiger partial charge on any atom is 0.319 e. The van der Waals surface area contributed by atoms with E-state index in [4.69, 9.17) is 18.9 Å². The van der Waals surface area contributed by atoms with Gasteiger partial charge in [-0.15, -0.1) is 0 Å². The van der Waals surface area contributed by atoms with Crippen molar-refractivity contribution in [3.63, 3.8) is 0 Å². The molecule has 0 bridgehead atoms. The summed E-state index contributed by atoms with van der Waals surface area (Å²) in [7, 11) is 0.105. The Bertz CT molecular complexity index is 1680. The molecule has 5 rings (SSSR count). The number of hydrogen-bond donors (Lipinski definition) is 2. The van der Waals surface area contributed by atoms with Gasteiger partial charge in [-0.2, -0.15) is 0 Å². The molecular weight excluding hydrogens is 605 g/mol. The fraction of sp³-hybridized carbons (Fsp3) is 0.375. The predicted molar refractivity (Wildman–Crippen MR) is 168 cm³/mol. The van der Waals surface area contributed by atoms with E-state index >= 15 is 13.2 Å². The van der Waals surface area contributed by atoms with E-state index in [0.29, 0.717) is 48.7 Å². The van der Waals surface area contributed by atoms with Gasteiger partial charge in [-0.05, 0) is 24.2 Å². The Balaban J connectivity index is 1.45. The normalized spacial score (nSPS) is 14.2. The number of anilines is 1. The number of rotatable bonds is 12. The van der Waals surface area contributed by atoms with Crippen LogP contribution in [0.4, 0.5) is 23.7 Å². The highest BCUT2D eigenvalue weighted by Crippen LogP contribution is 2.41. The van der Waals surface area contributed by atoms with Crippen LogP contribution in [0.1, 0.15) is 6.92 Å². The van der Waals surface area contributed by atoms with E-state index in [0.717, 1.165) is 18.2 Å². The molecule has 0 saturated carbocycles. The fourth-order valence-electron chi connectivity index (χ4n) is 4.82. The Morgan fingerprint density at radius 1 is 1.07 bits per heavy atom. The molecule has 13 heteroatoms. The number of urea groups is 1. The molecule has 2 amide bonds. The van der Waals surface area contributed by atoms with Gasteiger partial charge < -0.3 is 34.1 Å². The van der Waals surface area contributed by atoms with E-state index in [1.165, 1.54) is 25.4 Å². The smallest absolute Gasteiger partial charge is 0.319 e. The summed E-state index contributed by atoms with van der Waals surface area (Å²) in [6, 6.07) is 8.15. The Labute approximate surface area is 260 Å². The Hall–Kier alpha value is -4.07. The molecule has 3 heterocycles. The highest BCUT2D eigenvalue weighted by molar-refractivity contribution is 6.76. The van der Waals surface area contributed by atoms with E-state index in [9.17, 15) is 4.79 Å². The Morgan fingerprint density at radius 2 is 1.80 bits per heavy atom. The van der Waals surface area contributed by atoms with Crippen molar-refractivity contribution in [2.24, 2.45) is 5.41 Å². The summed E-state index contributed by atoms with van der Waals surface area (Å²) >= 11 is 0. The van der Waals surface area contributed by atoms with Gasteiger partial charge in [0.15, 0.2) is 17.4 Å². The lowest BCUT2D eigenvalue weighted by atomic mass is 9.89. The SMILES string of the molecule is COc1ccc(-c2cn(COCC[Si](C)(C)C)c3nccc(Oc4c(F)cc(NC(=O)NCC5(C)COC5)cc4F)c23)c(F)c1. The van der Waals surface area contributed by atoms with Crippen LogP contribution in [0.25, 0.3) is 22.2 Å². The van der Waals surface area contributed by atoms with E-state index in [-0.39, 0.29) is 29.1 Å². The molecule has 0 atom stereocenters. The minimum atomic E-state index is -1.33. The number of amides is 2. The van der Waals surface area contributed by atoms with Crippen molar-refractivity contribution in [2.45, 2.75) is 39.3 Å². The third kappa shape index (κ3) is 7.60. The minimum Gasteiger partial charge on any atom is -0.497 e. The second-order valence-corrected chi connectivity index (χ2v) is 18.3. The quantitative estimate of drug-likeness (QED) is 0.124. The standard InChI is InChI=1S/C32H37F3N4O5Si/c1-32(17-43-18-32)16-37-31(40)38-20-12-25(34)29(26(35)13-20)44-27-8-9-36-30-28(27)23(22-7-6-21(41-2)14-24(22)33)15-39(30)19-42-10-11-45(3,4)5/h6-9,12-15H,10-11,16-19H2,1-5H3,(H2,37,38,40). The largest absolute Gasteiger partial charge is 0.497 e. The lowest BCUT2D eigenvalue weighted by molar-refractivity contribution is -0.0974. The monoisotopic (exact) mass is 642 g/mol. The molecule has 0 aliphatic carbocycles. The molecule has 240 valence electrons. The average molecular weight is 643 g/mol. The molecular formula is C32H37F3N4O5Si. The number of ether oxygens (including phenoxy) is 4. The van der Waals surface area contributed by atoms with Gasteiger partial charge in [-0.3, -0.25) is 0 Å². The van der Waals surface area contributed by atoms with E-state index in [1.54, 1.807) is 22.9 Å². The number of aromatic nitrogens is 2. The highest BCUT2D eigenvalue weighted by Gasteiger charge is 2.33. The summed E-state index contributed by atoms with van der Waals surface area (Å²) in [4.78, 5) is 16.8. The lowest BCUT2D eigenvalue weighted by Gasteiger charge is -2.37. The van der Waals surface area contributed by atoms with Crippen LogP contribution in [-0.2, 0) is 16.2 Å². The summed E-state index contributed by atoms with van der Waals surface area (Å²) in [6.45, 7) is 10.8. The zero-order valence-corrected chi connectivity index (χ0v) is 26.9. The third-order valence-electron chi connectivity index (χ3n) is 7.46. The number of benzene rings is 2. The maximum absolute atomic E-state index is 15.3. The summed E-state index contributed by atoms with van der Waals surface area (Å²) < 4.78 is 69.7.